The number of amides is 1. The molecule has 1 amide bonds. The maximum Gasteiger partial charge on any atom is 0.401 e. The summed E-state index contributed by atoms with van der Waals surface area (Å²) in [4.78, 5) is 13.2. The van der Waals surface area contributed by atoms with Gasteiger partial charge in [0.05, 0.1) is 6.54 Å². The Balaban J connectivity index is 1.76. The zero-order valence-corrected chi connectivity index (χ0v) is 11.2. The van der Waals surface area contributed by atoms with Gasteiger partial charge < -0.3 is 5.32 Å². The molecule has 1 aromatic heterocycles. The number of alkyl halides is 3. The topological polar surface area (TPSA) is 50.2 Å². The number of halogens is 3. The van der Waals surface area contributed by atoms with Crippen LogP contribution >= 0.6 is 0 Å². The number of hydrogen-bond acceptors (Lipinski definition) is 3. The normalized spacial score (nSPS) is 20.3. The SMILES string of the molecule is Cn1nccc1C(=O)NCC1CCN(CC(F)(F)F)C1. The summed E-state index contributed by atoms with van der Waals surface area (Å²) in [5.74, 6) is -0.186. The second-order valence-electron chi connectivity index (χ2n) is 5.06. The minimum absolute atomic E-state index is 0.0644. The number of rotatable bonds is 4. The Morgan fingerprint density at radius 2 is 2.30 bits per heavy atom. The molecule has 112 valence electrons. The number of carbonyl (C=O) groups is 1. The molecule has 0 aliphatic carbocycles. The highest BCUT2D eigenvalue weighted by molar-refractivity contribution is 5.92. The highest BCUT2D eigenvalue weighted by Gasteiger charge is 2.34. The van der Waals surface area contributed by atoms with Gasteiger partial charge in [-0.25, -0.2) is 0 Å². The Bertz CT molecular complexity index is 472. The molecule has 0 bridgehead atoms. The van der Waals surface area contributed by atoms with Gasteiger partial charge in [-0.15, -0.1) is 0 Å². The van der Waals surface area contributed by atoms with Crippen molar-refractivity contribution in [2.45, 2.75) is 12.6 Å². The molecule has 1 unspecified atom stereocenters. The van der Waals surface area contributed by atoms with E-state index in [1.54, 1.807) is 13.1 Å². The van der Waals surface area contributed by atoms with Crippen LogP contribution in [0, 0.1) is 5.92 Å². The first-order valence-electron chi connectivity index (χ1n) is 6.40. The molecule has 1 N–H and O–H groups in total. The monoisotopic (exact) mass is 290 g/mol. The van der Waals surface area contributed by atoms with E-state index in [1.807, 2.05) is 0 Å². The minimum atomic E-state index is -4.16. The van der Waals surface area contributed by atoms with Crippen LogP contribution in [0.2, 0.25) is 0 Å². The fourth-order valence-corrected chi connectivity index (χ4v) is 2.40. The predicted molar refractivity (Wildman–Crippen MR) is 66.1 cm³/mol. The number of nitrogens with zero attached hydrogens (tertiary/aromatic N) is 3. The zero-order valence-electron chi connectivity index (χ0n) is 11.2. The van der Waals surface area contributed by atoms with E-state index < -0.39 is 12.7 Å². The van der Waals surface area contributed by atoms with Gasteiger partial charge in [0.15, 0.2) is 0 Å². The molecule has 8 heteroatoms. The van der Waals surface area contributed by atoms with E-state index in [-0.39, 0.29) is 11.8 Å². The molecule has 0 radical (unpaired) electrons. The van der Waals surface area contributed by atoms with Crippen LogP contribution in [0.4, 0.5) is 13.2 Å². The maximum absolute atomic E-state index is 12.3. The van der Waals surface area contributed by atoms with Crippen LogP contribution in [0.3, 0.4) is 0 Å². The second-order valence-corrected chi connectivity index (χ2v) is 5.06. The molecule has 2 rings (SSSR count). The van der Waals surface area contributed by atoms with E-state index >= 15 is 0 Å². The van der Waals surface area contributed by atoms with Crippen molar-refractivity contribution in [3.8, 4) is 0 Å². The molecule has 1 aliphatic heterocycles. The third-order valence-corrected chi connectivity index (χ3v) is 3.38. The van der Waals surface area contributed by atoms with Gasteiger partial charge in [0.1, 0.15) is 5.69 Å². The van der Waals surface area contributed by atoms with E-state index in [2.05, 4.69) is 10.4 Å². The lowest BCUT2D eigenvalue weighted by atomic mass is 10.1. The van der Waals surface area contributed by atoms with E-state index in [9.17, 15) is 18.0 Å². The number of likely N-dealkylation sites (tertiary alicyclic amines) is 1. The molecule has 5 nitrogen and oxygen atoms in total. The zero-order chi connectivity index (χ0) is 14.8. The first-order valence-corrected chi connectivity index (χ1v) is 6.40. The van der Waals surface area contributed by atoms with E-state index in [0.717, 1.165) is 0 Å². The second kappa shape index (κ2) is 5.82. The molecule has 20 heavy (non-hydrogen) atoms. The predicted octanol–water partition coefficient (Wildman–Crippen LogP) is 1.03. The van der Waals surface area contributed by atoms with Crippen LogP contribution in [-0.4, -0.2) is 52.9 Å². The lowest BCUT2D eigenvalue weighted by molar-refractivity contribution is -0.143. The summed E-state index contributed by atoms with van der Waals surface area (Å²) in [6.45, 7) is 0.300. The van der Waals surface area contributed by atoms with Crippen molar-refractivity contribution < 1.29 is 18.0 Å². The summed E-state index contributed by atoms with van der Waals surface area (Å²) in [6.07, 6.45) is -1.97. The lowest BCUT2D eigenvalue weighted by Crippen LogP contribution is -2.35. The van der Waals surface area contributed by atoms with Crippen molar-refractivity contribution in [1.29, 1.82) is 0 Å². The number of aryl methyl sites for hydroxylation is 1. The molecule has 0 aromatic carbocycles. The van der Waals surface area contributed by atoms with Gasteiger partial charge in [-0.1, -0.05) is 0 Å². The largest absolute Gasteiger partial charge is 0.401 e. The highest BCUT2D eigenvalue weighted by atomic mass is 19.4. The quantitative estimate of drug-likeness (QED) is 0.901. The molecule has 2 heterocycles. The molecular formula is C12H17F3N4O. The third kappa shape index (κ3) is 3.96. The number of nitrogens with one attached hydrogen (secondary N) is 1. The van der Waals surface area contributed by atoms with Crippen LogP contribution in [-0.2, 0) is 7.05 Å². The fraction of sp³-hybridized carbons (Fsp3) is 0.667. The van der Waals surface area contributed by atoms with Gasteiger partial charge in [0.2, 0.25) is 0 Å². The van der Waals surface area contributed by atoms with Gasteiger partial charge in [0, 0.05) is 26.3 Å². The molecule has 1 fully saturated rings. The molecule has 0 saturated carbocycles. The van der Waals surface area contributed by atoms with Gasteiger partial charge >= 0.3 is 6.18 Å². The summed E-state index contributed by atoms with van der Waals surface area (Å²) >= 11 is 0. The number of aromatic nitrogens is 2. The van der Waals surface area contributed by atoms with Crippen molar-refractivity contribution in [2.24, 2.45) is 13.0 Å². The molecule has 0 spiro atoms. The van der Waals surface area contributed by atoms with Crippen molar-refractivity contribution in [2.75, 3.05) is 26.2 Å². The minimum Gasteiger partial charge on any atom is -0.350 e. The Labute approximate surface area is 114 Å². The van der Waals surface area contributed by atoms with E-state index in [0.29, 0.717) is 31.7 Å². The molecule has 1 atom stereocenters. The van der Waals surface area contributed by atoms with Crippen molar-refractivity contribution in [3.63, 3.8) is 0 Å². The van der Waals surface area contributed by atoms with Crippen LogP contribution in [0.15, 0.2) is 12.3 Å². The van der Waals surface area contributed by atoms with Crippen molar-refractivity contribution in [3.05, 3.63) is 18.0 Å². The Morgan fingerprint density at radius 1 is 1.55 bits per heavy atom. The standard InChI is InChI=1S/C12H17F3N4O/c1-18-10(2-4-17-18)11(20)16-6-9-3-5-19(7-9)8-12(13,14)15/h2,4,9H,3,5-8H2,1H3,(H,16,20). The third-order valence-electron chi connectivity index (χ3n) is 3.38. The molecule has 1 aliphatic rings. The van der Waals surface area contributed by atoms with Crippen LogP contribution in [0.25, 0.3) is 0 Å². The summed E-state index contributed by atoms with van der Waals surface area (Å²) in [5.41, 5.74) is 0.440. The highest BCUT2D eigenvalue weighted by Crippen LogP contribution is 2.22. The summed E-state index contributed by atoms with van der Waals surface area (Å²) < 4.78 is 38.2. The van der Waals surface area contributed by atoms with Gasteiger partial charge in [0.25, 0.3) is 5.91 Å². The number of hydrogen-bond donors (Lipinski definition) is 1. The summed E-state index contributed by atoms with van der Waals surface area (Å²) in [5, 5.41) is 6.64. The van der Waals surface area contributed by atoms with Crippen LogP contribution in [0.1, 0.15) is 16.9 Å². The Kier molecular flexibility index (Phi) is 4.32. The summed E-state index contributed by atoms with van der Waals surface area (Å²) in [7, 11) is 1.66. The van der Waals surface area contributed by atoms with Crippen LogP contribution < -0.4 is 5.32 Å². The first-order chi connectivity index (χ1) is 9.35. The lowest BCUT2D eigenvalue weighted by Gasteiger charge is -2.18. The van der Waals surface area contributed by atoms with E-state index in [1.165, 1.54) is 15.8 Å². The molecule has 1 saturated heterocycles. The average molecular weight is 290 g/mol. The molecular weight excluding hydrogens is 273 g/mol. The fourth-order valence-electron chi connectivity index (χ4n) is 2.40. The smallest absolute Gasteiger partial charge is 0.350 e. The van der Waals surface area contributed by atoms with Crippen molar-refractivity contribution >= 4 is 5.91 Å². The van der Waals surface area contributed by atoms with Gasteiger partial charge in [-0.05, 0) is 24.9 Å². The van der Waals surface area contributed by atoms with Gasteiger partial charge in [-0.3, -0.25) is 14.4 Å². The Morgan fingerprint density at radius 3 is 2.90 bits per heavy atom. The maximum atomic E-state index is 12.3. The van der Waals surface area contributed by atoms with Gasteiger partial charge in [-0.2, -0.15) is 18.3 Å². The van der Waals surface area contributed by atoms with E-state index in [4.69, 9.17) is 0 Å². The van der Waals surface area contributed by atoms with Crippen LogP contribution in [0.5, 0.6) is 0 Å². The average Bonchev–Trinajstić information content (AvgIpc) is 2.93. The number of carbonyl (C=O) groups excluding carboxylic acids is 1. The molecule has 1 aromatic rings. The van der Waals surface area contributed by atoms with Crippen molar-refractivity contribution in [1.82, 2.24) is 20.0 Å². The summed E-state index contributed by atoms with van der Waals surface area (Å²) in [6, 6.07) is 1.60. The Hall–Kier alpha value is -1.57. The first kappa shape index (κ1) is 14.8.